The highest BCUT2D eigenvalue weighted by molar-refractivity contribution is 9.10. The fourth-order valence-corrected chi connectivity index (χ4v) is 12.9. The minimum atomic E-state index is -2.35. The molecule has 5 aromatic rings. The van der Waals surface area contributed by atoms with E-state index in [2.05, 4.69) is 63.7 Å². The van der Waals surface area contributed by atoms with E-state index in [0.717, 1.165) is 32.7 Å². The van der Waals surface area contributed by atoms with Crippen molar-refractivity contribution in [3.05, 3.63) is 124 Å². The van der Waals surface area contributed by atoms with Gasteiger partial charge in [-0.05, 0) is 84.3 Å². The van der Waals surface area contributed by atoms with E-state index in [1.165, 1.54) is 5.19 Å². The Kier molecular flexibility index (Phi) is 11.0. The van der Waals surface area contributed by atoms with Crippen molar-refractivity contribution in [3.63, 3.8) is 0 Å². The molecule has 0 bridgehead atoms. The fraction of sp³-hybridized carbons (Fsp3) is 0.333. The molecule has 2 aliphatic heterocycles. The molecule has 0 unspecified atom stereocenters. The van der Waals surface area contributed by atoms with Gasteiger partial charge in [-0.2, -0.15) is 0 Å². The number of aryl methyl sites for hydroxylation is 1. The summed E-state index contributed by atoms with van der Waals surface area (Å²) in [4.78, 5) is 30.2. The largest absolute Gasteiger partial charge is 0.497 e. The zero-order valence-electron chi connectivity index (χ0n) is 31.7. The molecule has 2 N–H and O–H groups in total. The Morgan fingerprint density at radius 2 is 1.71 bits per heavy atom. The number of halogens is 1. The maximum atomic E-state index is 15.3. The van der Waals surface area contributed by atoms with Crippen molar-refractivity contribution in [2.24, 2.45) is 5.92 Å². The Hall–Kier alpha value is -4.82. The van der Waals surface area contributed by atoms with Gasteiger partial charge in [-0.15, -0.1) is 5.10 Å². The molecular weight excluding hydrogens is 778 g/mol. The standard InChI is InChI=1S/C42H46BrN5O6Si/c1-27-39(55(4,5)35-16-14-34(53-3)15-17-35)38(19-21-47-26-32(20-22-49)45-46-47)54-42(27)36-24-30(43)11-18-37(36)48(41(42)51)25-28-7-6-8-31(23-28)44-40(50)29-9-12-33(52-2)13-10-29/h6-18,23-24,26-27,38-39,49H,19-22,25H2,1-5H3,(H,44,50)/t27-,38+,39-,42+/m0/s1. The minimum absolute atomic E-state index is 0.00436. The summed E-state index contributed by atoms with van der Waals surface area (Å²) < 4.78 is 20.7. The van der Waals surface area contributed by atoms with Gasteiger partial charge in [0.2, 0.25) is 0 Å². The van der Waals surface area contributed by atoms with E-state index in [4.69, 9.17) is 14.2 Å². The summed E-state index contributed by atoms with van der Waals surface area (Å²) in [6.45, 7) is 7.76. The number of carbonyl (C=O) groups is 2. The summed E-state index contributed by atoms with van der Waals surface area (Å²) in [7, 11) is 0.902. The van der Waals surface area contributed by atoms with Gasteiger partial charge in [0.05, 0.1) is 46.3 Å². The number of aliphatic hydroxyl groups is 1. The lowest BCUT2D eigenvalue weighted by Crippen LogP contribution is -2.51. The van der Waals surface area contributed by atoms with Gasteiger partial charge in [0.1, 0.15) is 11.5 Å². The van der Waals surface area contributed by atoms with Crippen LogP contribution >= 0.6 is 15.9 Å². The summed E-state index contributed by atoms with van der Waals surface area (Å²) >= 11 is 3.71. The monoisotopic (exact) mass is 823 g/mol. The molecular formula is C42H46BrN5O6Si. The SMILES string of the molecule is COc1ccc(C(=O)Nc2cccc(CN3C(=O)[C@]4(O[C@H](CCn5cc(CCO)nn5)[C@@H]([Si](C)(C)c5ccc(OC)cc5)[C@@H]4C)c4cc(Br)ccc43)c2)cc1. The third-order valence-corrected chi connectivity index (χ3v) is 16.1. The minimum Gasteiger partial charge on any atom is -0.497 e. The molecule has 3 heterocycles. The van der Waals surface area contributed by atoms with Crippen LogP contribution in [0.5, 0.6) is 11.5 Å². The summed E-state index contributed by atoms with van der Waals surface area (Å²) in [5.41, 5.74) is 3.21. The van der Waals surface area contributed by atoms with Crippen molar-refractivity contribution in [2.45, 2.75) is 63.2 Å². The number of anilines is 2. The van der Waals surface area contributed by atoms with Crippen LogP contribution in [0, 0.1) is 5.92 Å². The molecule has 286 valence electrons. The number of hydrogen-bond acceptors (Lipinski definition) is 8. The number of nitrogens with zero attached hydrogens (tertiary/aromatic N) is 4. The molecule has 4 aromatic carbocycles. The third kappa shape index (κ3) is 7.33. The predicted molar refractivity (Wildman–Crippen MR) is 218 cm³/mol. The second-order valence-electron chi connectivity index (χ2n) is 14.8. The Morgan fingerprint density at radius 1 is 1.00 bits per heavy atom. The maximum absolute atomic E-state index is 15.3. The smallest absolute Gasteiger partial charge is 0.264 e. The zero-order chi connectivity index (χ0) is 38.9. The number of ether oxygens (including phenoxy) is 3. The van der Waals surface area contributed by atoms with E-state index in [-0.39, 0.29) is 36.0 Å². The van der Waals surface area contributed by atoms with Gasteiger partial charge in [-0.1, -0.05) is 70.6 Å². The highest BCUT2D eigenvalue weighted by Crippen LogP contribution is 2.60. The number of methoxy groups -OCH3 is 2. The van der Waals surface area contributed by atoms with Gasteiger partial charge in [0.15, 0.2) is 5.60 Å². The second kappa shape index (κ2) is 15.7. The number of nitrogens with one attached hydrogen (secondary N) is 1. The quantitative estimate of drug-likeness (QED) is 0.126. The van der Waals surface area contributed by atoms with Crippen LogP contribution < -0.4 is 24.9 Å². The molecule has 1 fully saturated rings. The first-order valence-electron chi connectivity index (χ1n) is 18.5. The van der Waals surface area contributed by atoms with Gasteiger partial charge in [-0.25, -0.2) is 0 Å². The molecule has 2 amide bonds. The lowest BCUT2D eigenvalue weighted by atomic mass is 9.82. The topological polar surface area (TPSA) is 128 Å². The third-order valence-electron chi connectivity index (χ3n) is 11.3. The van der Waals surface area contributed by atoms with Crippen LogP contribution in [0.4, 0.5) is 11.4 Å². The first kappa shape index (κ1) is 38.5. The van der Waals surface area contributed by atoms with Crippen LogP contribution in [-0.2, 0) is 34.6 Å². The Bertz CT molecular complexity index is 2180. The number of amides is 2. The van der Waals surface area contributed by atoms with Gasteiger partial charge >= 0.3 is 0 Å². The van der Waals surface area contributed by atoms with E-state index < -0.39 is 13.7 Å². The average Bonchev–Trinajstić information content (AvgIpc) is 3.83. The van der Waals surface area contributed by atoms with Crippen molar-refractivity contribution in [1.82, 2.24) is 15.0 Å². The molecule has 0 saturated carbocycles. The number of carbonyl (C=O) groups excluding carboxylic acids is 2. The van der Waals surface area contributed by atoms with Crippen LogP contribution in [0.1, 0.15) is 40.5 Å². The summed E-state index contributed by atoms with van der Waals surface area (Å²) in [6, 6.07) is 28.9. The number of rotatable bonds is 13. The average molecular weight is 825 g/mol. The number of aliphatic hydroxyl groups excluding tert-OH is 1. The number of fused-ring (bicyclic) bond motifs is 2. The Morgan fingerprint density at radius 3 is 2.40 bits per heavy atom. The van der Waals surface area contributed by atoms with Gasteiger partial charge in [-0.3, -0.25) is 14.3 Å². The van der Waals surface area contributed by atoms with E-state index in [1.54, 1.807) is 43.2 Å². The van der Waals surface area contributed by atoms with Crippen LogP contribution in [0.2, 0.25) is 18.6 Å². The van der Waals surface area contributed by atoms with Crippen molar-refractivity contribution in [1.29, 1.82) is 0 Å². The van der Waals surface area contributed by atoms with E-state index in [9.17, 15) is 9.90 Å². The molecule has 13 heteroatoms. The van der Waals surface area contributed by atoms with Crippen LogP contribution in [0.15, 0.2) is 102 Å². The number of hydrogen-bond donors (Lipinski definition) is 2. The summed E-state index contributed by atoms with van der Waals surface area (Å²) in [6.07, 6.45) is 2.66. The molecule has 1 aromatic heterocycles. The number of benzene rings is 4. The van der Waals surface area contributed by atoms with Crippen LogP contribution in [-0.4, -0.2) is 66.9 Å². The zero-order valence-corrected chi connectivity index (χ0v) is 34.2. The first-order chi connectivity index (χ1) is 26.5. The van der Waals surface area contributed by atoms with Crippen molar-refractivity contribution in [2.75, 3.05) is 31.0 Å². The fourth-order valence-electron chi connectivity index (χ4n) is 8.52. The lowest BCUT2D eigenvalue weighted by Gasteiger charge is -2.37. The highest BCUT2D eigenvalue weighted by Gasteiger charge is 2.66. The molecule has 0 aliphatic carbocycles. The van der Waals surface area contributed by atoms with Crippen molar-refractivity contribution < 1.29 is 28.9 Å². The molecule has 7 rings (SSSR count). The molecule has 55 heavy (non-hydrogen) atoms. The molecule has 2 aliphatic rings. The second-order valence-corrected chi connectivity index (χ2v) is 20.4. The molecule has 1 spiro atoms. The van der Waals surface area contributed by atoms with Gasteiger partial charge < -0.3 is 29.5 Å². The summed E-state index contributed by atoms with van der Waals surface area (Å²) in [5.74, 6) is 0.954. The van der Waals surface area contributed by atoms with Crippen LogP contribution in [0.3, 0.4) is 0 Å². The van der Waals surface area contributed by atoms with Gasteiger partial charge in [0.25, 0.3) is 11.8 Å². The molecule has 0 radical (unpaired) electrons. The van der Waals surface area contributed by atoms with E-state index >= 15 is 4.79 Å². The first-order valence-corrected chi connectivity index (χ1v) is 22.3. The number of aromatic nitrogens is 3. The maximum Gasteiger partial charge on any atom is 0.264 e. The van der Waals surface area contributed by atoms with Crippen molar-refractivity contribution in [3.8, 4) is 11.5 Å². The Labute approximate surface area is 330 Å². The van der Waals surface area contributed by atoms with Crippen molar-refractivity contribution >= 4 is 52.4 Å². The molecule has 11 nitrogen and oxygen atoms in total. The Balaban J connectivity index is 1.22. The highest BCUT2D eigenvalue weighted by atomic mass is 79.9. The predicted octanol–water partition coefficient (Wildman–Crippen LogP) is 6.70. The molecule has 1 saturated heterocycles. The lowest BCUT2D eigenvalue weighted by molar-refractivity contribution is -0.146. The molecule has 4 atom stereocenters. The normalized spacial score (nSPS) is 20.5. The van der Waals surface area contributed by atoms with E-state index in [1.807, 2.05) is 65.7 Å². The van der Waals surface area contributed by atoms with Gasteiger partial charge in [0, 0.05) is 53.0 Å². The van der Waals surface area contributed by atoms with E-state index in [0.29, 0.717) is 42.9 Å². The van der Waals surface area contributed by atoms with Crippen LogP contribution in [0.25, 0.3) is 0 Å². The summed E-state index contributed by atoms with van der Waals surface area (Å²) in [5, 5.41) is 22.2.